The third-order valence-electron chi connectivity index (χ3n) is 3.99. The van der Waals surface area contributed by atoms with E-state index in [1.807, 2.05) is 18.7 Å². The van der Waals surface area contributed by atoms with Crippen LogP contribution in [0.2, 0.25) is 5.02 Å². The molecule has 1 aromatic carbocycles. The van der Waals surface area contributed by atoms with Gasteiger partial charge in [0.05, 0.1) is 12.7 Å². The number of amides is 1. The van der Waals surface area contributed by atoms with Crippen molar-refractivity contribution in [2.24, 2.45) is 0 Å². The Morgan fingerprint density at radius 1 is 1.19 bits per heavy atom. The van der Waals surface area contributed by atoms with E-state index in [4.69, 9.17) is 16.3 Å². The van der Waals surface area contributed by atoms with Crippen molar-refractivity contribution < 1.29 is 14.3 Å². The average Bonchev–Trinajstić information content (AvgIpc) is 2.62. The van der Waals surface area contributed by atoms with Crippen molar-refractivity contribution >= 4 is 35.0 Å². The number of methoxy groups -OCH3 is 1. The van der Waals surface area contributed by atoms with Crippen molar-refractivity contribution in [2.75, 3.05) is 30.4 Å². The molecular formula is C19H22ClN3O3. The van der Waals surface area contributed by atoms with E-state index in [9.17, 15) is 9.59 Å². The van der Waals surface area contributed by atoms with Gasteiger partial charge in [-0.15, -0.1) is 0 Å². The fraction of sp³-hybridized carbons (Fsp3) is 0.316. The number of pyridine rings is 1. The van der Waals surface area contributed by atoms with E-state index in [-0.39, 0.29) is 11.6 Å². The summed E-state index contributed by atoms with van der Waals surface area (Å²) < 4.78 is 4.72. The first-order valence-electron chi connectivity index (χ1n) is 8.32. The van der Waals surface area contributed by atoms with Crippen LogP contribution in [-0.2, 0) is 4.74 Å². The van der Waals surface area contributed by atoms with Gasteiger partial charge in [-0.1, -0.05) is 11.6 Å². The minimum absolute atomic E-state index is 0.231. The Morgan fingerprint density at radius 3 is 2.46 bits per heavy atom. The number of ether oxygens (including phenoxy) is 1. The SMILES string of the molecule is CCN(CC)c1cc(Cl)cc(C(=O)Nc2ccc(C(=O)OC)c(C)c2)n1. The van der Waals surface area contributed by atoms with Crippen LogP contribution in [0.3, 0.4) is 0 Å². The first-order valence-corrected chi connectivity index (χ1v) is 8.70. The Balaban J connectivity index is 2.25. The number of aromatic nitrogens is 1. The molecule has 6 nitrogen and oxygen atoms in total. The number of hydrogen-bond donors (Lipinski definition) is 1. The molecule has 1 amide bonds. The quantitative estimate of drug-likeness (QED) is 0.774. The summed E-state index contributed by atoms with van der Waals surface area (Å²) in [5.74, 6) is -0.128. The topological polar surface area (TPSA) is 71.5 Å². The smallest absolute Gasteiger partial charge is 0.338 e. The number of nitrogens with zero attached hydrogens (tertiary/aromatic N) is 2. The number of anilines is 2. The summed E-state index contributed by atoms with van der Waals surface area (Å²) in [6, 6.07) is 8.23. The van der Waals surface area contributed by atoms with Crippen molar-refractivity contribution in [3.8, 4) is 0 Å². The van der Waals surface area contributed by atoms with Crippen LogP contribution in [0.5, 0.6) is 0 Å². The van der Waals surface area contributed by atoms with Crippen molar-refractivity contribution in [1.82, 2.24) is 4.98 Å². The summed E-state index contributed by atoms with van der Waals surface area (Å²) in [6.07, 6.45) is 0. The number of benzene rings is 1. The monoisotopic (exact) mass is 375 g/mol. The lowest BCUT2D eigenvalue weighted by Crippen LogP contribution is -2.24. The van der Waals surface area contributed by atoms with Crippen LogP contribution in [0.25, 0.3) is 0 Å². The van der Waals surface area contributed by atoms with E-state index in [0.29, 0.717) is 27.7 Å². The first-order chi connectivity index (χ1) is 12.4. The van der Waals surface area contributed by atoms with Gasteiger partial charge in [0.15, 0.2) is 0 Å². The molecule has 26 heavy (non-hydrogen) atoms. The summed E-state index contributed by atoms with van der Waals surface area (Å²) >= 11 is 6.15. The zero-order chi connectivity index (χ0) is 19.3. The number of hydrogen-bond acceptors (Lipinski definition) is 5. The number of carbonyl (C=O) groups is 2. The number of carbonyl (C=O) groups excluding carboxylic acids is 2. The second-order valence-electron chi connectivity index (χ2n) is 5.68. The third kappa shape index (κ3) is 4.52. The lowest BCUT2D eigenvalue weighted by atomic mass is 10.1. The van der Waals surface area contributed by atoms with E-state index >= 15 is 0 Å². The Hall–Kier alpha value is -2.60. The molecule has 0 aliphatic carbocycles. The van der Waals surface area contributed by atoms with Crippen LogP contribution >= 0.6 is 11.6 Å². The lowest BCUT2D eigenvalue weighted by Gasteiger charge is -2.20. The molecule has 0 aliphatic heterocycles. The summed E-state index contributed by atoms with van der Waals surface area (Å²) in [5, 5.41) is 3.23. The highest BCUT2D eigenvalue weighted by atomic mass is 35.5. The predicted molar refractivity (Wildman–Crippen MR) is 103 cm³/mol. The molecule has 1 aromatic heterocycles. The van der Waals surface area contributed by atoms with E-state index in [2.05, 4.69) is 10.3 Å². The molecule has 0 saturated heterocycles. The summed E-state index contributed by atoms with van der Waals surface area (Å²) in [4.78, 5) is 30.6. The number of esters is 1. The fourth-order valence-corrected chi connectivity index (χ4v) is 2.79. The van der Waals surface area contributed by atoms with Crippen molar-refractivity contribution in [1.29, 1.82) is 0 Å². The molecule has 0 spiro atoms. The van der Waals surface area contributed by atoms with Gasteiger partial charge in [0.2, 0.25) is 0 Å². The highest BCUT2D eigenvalue weighted by molar-refractivity contribution is 6.31. The van der Waals surface area contributed by atoms with Gasteiger partial charge in [-0.25, -0.2) is 9.78 Å². The molecular weight excluding hydrogens is 354 g/mol. The number of halogens is 1. The molecule has 2 rings (SSSR count). The largest absolute Gasteiger partial charge is 0.465 e. The maximum Gasteiger partial charge on any atom is 0.338 e. The van der Waals surface area contributed by atoms with Gasteiger partial charge < -0.3 is 15.0 Å². The van der Waals surface area contributed by atoms with Gasteiger partial charge in [-0.05, 0) is 56.7 Å². The number of aryl methyl sites for hydroxylation is 1. The Kier molecular flexibility index (Phi) is 6.58. The van der Waals surface area contributed by atoms with Crippen LogP contribution in [-0.4, -0.2) is 37.1 Å². The zero-order valence-electron chi connectivity index (χ0n) is 15.3. The molecule has 7 heteroatoms. The molecule has 0 unspecified atom stereocenters. The van der Waals surface area contributed by atoms with Crippen LogP contribution in [0.15, 0.2) is 30.3 Å². The predicted octanol–water partition coefficient (Wildman–Crippen LogP) is 3.93. The van der Waals surface area contributed by atoms with Crippen molar-refractivity contribution in [3.05, 3.63) is 52.2 Å². The molecule has 2 aromatic rings. The molecule has 1 heterocycles. The highest BCUT2D eigenvalue weighted by Gasteiger charge is 2.15. The minimum Gasteiger partial charge on any atom is -0.465 e. The molecule has 0 atom stereocenters. The summed E-state index contributed by atoms with van der Waals surface area (Å²) in [7, 11) is 1.33. The van der Waals surface area contributed by atoms with E-state index in [0.717, 1.165) is 13.1 Å². The van der Waals surface area contributed by atoms with Crippen LogP contribution in [0, 0.1) is 6.92 Å². The van der Waals surface area contributed by atoms with Crippen LogP contribution in [0.4, 0.5) is 11.5 Å². The molecule has 1 N–H and O–H groups in total. The van der Waals surface area contributed by atoms with Gasteiger partial charge >= 0.3 is 5.97 Å². The zero-order valence-corrected chi connectivity index (χ0v) is 16.1. The van der Waals surface area contributed by atoms with Gasteiger partial charge in [0.1, 0.15) is 11.5 Å². The second-order valence-corrected chi connectivity index (χ2v) is 6.11. The molecule has 138 valence electrons. The average molecular weight is 376 g/mol. The molecule has 0 fully saturated rings. The lowest BCUT2D eigenvalue weighted by molar-refractivity contribution is 0.0600. The Bertz CT molecular complexity index is 820. The molecule has 0 aliphatic rings. The van der Waals surface area contributed by atoms with Gasteiger partial charge in [0.25, 0.3) is 5.91 Å². The third-order valence-corrected chi connectivity index (χ3v) is 4.20. The van der Waals surface area contributed by atoms with Gasteiger partial charge in [0, 0.05) is 23.8 Å². The highest BCUT2D eigenvalue weighted by Crippen LogP contribution is 2.21. The van der Waals surface area contributed by atoms with E-state index in [1.54, 1.807) is 31.2 Å². The fourth-order valence-electron chi connectivity index (χ4n) is 2.59. The minimum atomic E-state index is -0.416. The summed E-state index contributed by atoms with van der Waals surface area (Å²) in [5.41, 5.74) is 1.95. The maximum absolute atomic E-state index is 12.6. The Morgan fingerprint density at radius 2 is 1.88 bits per heavy atom. The second kappa shape index (κ2) is 8.67. The van der Waals surface area contributed by atoms with Crippen LogP contribution < -0.4 is 10.2 Å². The summed E-state index contributed by atoms with van der Waals surface area (Å²) in [6.45, 7) is 7.32. The Labute approximate surface area is 158 Å². The van der Waals surface area contributed by atoms with Gasteiger partial charge in [-0.3, -0.25) is 4.79 Å². The first kappa shape index (κ1) is 19.7. The van der Waals surface area contributed by atoms with E-state index in [1.165, 1.54) is 13.2 Å². The number of nitrogens with one attached hydrogen (secondary N) is 1. The number of rotatable bonds is 6. The molecule has 0 saturated carbocycles. The van der Waals surface area contributed by atoms with Gasteiger partial charge in [-0.2, -0.15) is 0 Å². The molecule has 0 radical (unpaired) electrons. The van der Waals surface area contributed by atoms with E-state index < -0.39 is 5.97 Å². The van der Waals surface area contributed by atoms with Crippen molar-refractivity contribution in [2.45, 2.75) is 20.8 Å². The normalized spacial score (nSPS) is 10.3. The van der Waals surface area contributed by atoms with Crippen LogP contribution in [0.1, 0.15) is 40.3 Å². The maximum atomic E-state index is 12.6. The van der Waals surface area contributed by atoms with Crippen molar-refractivity contribution in [3.63, 3.8) is 0 Å². The standard InChI is InChI=1S/C19H22ClN3O3/c1-5-23(6-2)17-11-13(20)10-16(22-17)18(24)21-14-7-8-15(12(3)9-14)19(25)26-4/h7-11H,5-6H2,1-4H3,(H,21,24). The molecule has 0 bridgehead atoms.